The summed E-state index contributed by atoms with van der Waals surface area (Å²) in [6, 6.07) is 21.8. The summed E-state index contributed by atoms with van der Waals surface area (Å²) in [4.78, 5) is 12.1. The van der Waals surface area contributed by atoms with Crippen LogP contribution in [0.5, 0.6) is 0 Å². The largest absolute Gasteiger partial charge is 0.345 e. The number of hydrogen-bond donors (Lipinski definition) is 2. The number of benzene rings is 2. The minimum Gasteiger partial charge on any atom is -0.345 e. The van der Waals surface area contributed by atoms with Gasteiger partial charge in [0, 0.05) is 24.1 Å². The summed E-state index contributed by atoms with van der Waals surface area (Å²) in [5.41, 5.74) is 4.22. The minimum absolute atomic E-state index is 0.201. The lowest BCUT2D eigenvalue weighted by atomic mass is 10.2. The molecular formula is C20H21N3O. The van der Waals surface area contributed by atoms with E-state index in [1.807, 2.05) is 67.7 Å². The number of rotatable bonds is 5. The number of nitrogens with zero attached hydrogens (tertiary/aromatic N) is 1. The Morgan fingerprint density at radius 1 is 1.00 bits per heavy atom. The molecule has 2 aromatic carbocycles. The average molecular weight is 319 g/mol. The van der Waals surface area contributed by atoms with Gasteiger partial charge in [-0.15, -0.1) is 0 Å². The van der Waals surface area contributed by atoms with Gasteiger partial charge in [0.2, 0.25) is 0 Å². The number of carbonyl (C=O) groups is 1. The van der Waals surface area contributed by atoms with E-state index in [2.05, 4.69) is 27.3 Å². The minimum atomic E-state index is -0.201. The second-order valence-electron chi connectivity index (χ2n) is 5.79. The zero-order valence-electron chi connectivity index (χ0n) is 13.7. The van der Waals surface area contributed by atoms with Gasteiger partial charge < -0.3 is 15.2 Å². The van der Waals surface area contributed by atoms with Crippen LogP contribution in [0.3, 0.4) is 0 Å². The molecule has 0 fully saturated rings. The number of nitrogens with one attached hydrogen (secondary N) is 2. The highest BCUT2D eigenvalue weighted by Crippen LogP contribution is 2.10. The molecule has 2 N–H and O–H groups in total. The van der Waals surface area contributed by atoms with Gasteiger partial charge in [0.1, 0.15) is 0 Å². The van der Waals surface area contributed by atoms with Crippen LogP contribution in [0.1, 0.15) is 16.8 Å². The Hall–Kier alpha value is -3.01. The van der Waals surface area contributed by atoms with Crippen LogP contribution in [-0.4, -0.2) is 10.6 Å². The van der Waals surface area contributed by atoms with Crippen molar-refractivity contribution in [3.63, 3.8) is 0 Å². The Morgan fingerprint density at radius 2 is 1.83 bits per heavy atom. The van der Waals surface area contributed by atoms with Gasteiger partial charge >= 0.3 is 6.03 Å². The lowest BCUT2D eigenvalue weighted by Crippen LogP contribution is -2.29. The third-order valence-corrected chi connectivity index (χ3v) is 3.83. The second-order valence-corrected chi connectivity index (χ2v) is 5.79. The Balaban J connectivity index is 1.57. The lowest BCUT2D eigenvalue weighted by Gasteiger charge is -2.11. The maximum atomic E-state index is 12.1. The summed E-state index contributed by atoms with van der Waals surface area (Å²) in [5.74, 6) is 0. The molecule has 0 atom stereocenters. The summed E-state index contributed by atoms with van der Waals surface area (Å²) in [6.07, 6.45) is 2.03. The standard InChI is InChI=1S/C20H21N3O/c1-16-7-5-10-18(13-16)22-20(24)21-14-19-11-6-12-23(19)15-17-8-3-2-4-9-17/h2-13H,14-15H2,1H3,(H2,21,22,24). The van der Waals surface area contributed by atoms with E-state index in [4.69, 9.17) is 0 Å². The molecule has 2 amide bonds. The molecule has 4 heteroatoms. The van der Waals surface area contributed by atoms with E-state index in [-0.39, 0.29) is 6.03 Å². The third-order valence-electron chi connectivity index (χ3n) is 3.83. The number of anilines is 1. The van der Waals surface area contributed by atoms with Crippen molar-refractivity contribution in [1.82, 2.24) is 9.88 Å². The van der Waals surface area contributed by atoms with Crippen molar-refractivity contribution >= 4 is 11.7 Å². The van der Waals surface area contributed by atoms with E-state index >= 15 is 0 Å². The average Bonchev–Trinajstić information content (AvgIpc) is 3.01. The molecule has 3 rings (SSSR count). The quantitative estimate of drug-likeness (QED) is 0.728. The van der Waals surface area contributed by atoms with Crippen LogP contribution in [-0.2, 0) is 13.1 Å². The van der Waals surface area contributed by atoms with Gasteiger partial charge in [-0.25, -0.2) is 4.79 Å². The molecule has 0 unspecified atom stereocenters. The molecule has 0 aliphatic rings. The van der Waals surface area contributed by atoms with E-state index in [0.717, 1.165) is 23.5 Å². The molecule has 0 spiro atoms. The first kappa shape index (κ1) is 15.9. The van der Waals surface area contributed by atoms with Crippen LogP contribution in [0.4, 0.5) is 10.5 Å². The Labute approximate surface area is 142 Å². The van der Waals surface area contributed by atoms with E-state index in [0.29, 0.717) is 6.54 Å². The smallest absolute Gasteiger partial charge is 0.319 e. The predicted molar refractivity (Wildman–Crippen MR) is 97.0 cm³/mol. The first-order valence-corrected chi connectivity index (χ1v) is 8.00. The molecule has 24 heavy (non-hydrogen) atoms. The fourth-order valence-corrected chi connectivity index (χ4v) is 2.61. The fraction of sp³-hybridized carbons (Fsp3) is 0.150. The number of carbonyl (C=O) groups excluding carboxylic acids is 1. The van der Waals surface area contributed by atoms with Gasteiger partial charge in [0.25, 0.3) is 0 Å². The van der Waals surface area contributed by atoms with E-state index in [1.165, 1.54) is 5.56 Å². The van der Waals surface area contributed by atoms with E-state index in [9.17, 15) is 4.79 Å². The van der Waals surface area contributed by atoms with Gasteiger partial charge in [-0.05, 0) is 42.3 Å². The molecule has 0 bridgehead atoms. The monoisotopic (exact) mass is 319 g/mol. The van der Waals surface area contributed by atoms with Crippen molar-refractivity contribution in [3.8, 4) is 0 Å². The topological polar surface area (TPSA) is 46.1 Å². The molecule has 122 valence electrons. The van der Waals surface area contributed by atoms with E-state index < -0.39 is 0 Å². The van der Waals surface area contributed by atoms with Crippen molar-refractivity contribution < 1.29 is 4.79 Å². The molecular weight excluding hydrogens is 298 g/mol. The van der Waals surface area contributed by atoms with Gasteiger partial charge in [0.15, 0.2) is 0 Å². The van der Waals surface area contributed by atoms with Crippen molar-refractivity contribution in [1.29, 1.82) is 0 Å². The zero-order valence-corrected chi connectivity index (χ0v) is 13.7. The highest BCUT2D eigenvalue weighted by atomic mass is 16.2. The molecule has 0 radical (unpaired) electrons. The van der Waals surface area contributed by atoms with Gasteiger partial charge in [-0.3, -0.25) is 0 Å². The number of urea groups is 1. The van der Waals surface area contributed by atoms with Crippen molar-refractivity contribution in [3.05, 3.63) is 89.7 Å². The van der Waals surface area contributed by atoms with Gasteiger partial charge in [0.05, 0.1) is 6.54 Å². The SMILES string of the molecule is Cc1cccc(NC(=O)NCc2cccn2Cc2ccccc2)c1. The summed E-state index contributed by atoms with van der Waals surface area (Å²) in [6.45, 7) is 3.28. The van der Waals surface area contributed by atoms with Crippen molar-refractivity contribution in [2.24, 2.45) is 0 Å². The Kier molecular flexibility index (Phi) is 4.96. The molecule has 0 aliphatic heterocycles. The maximum absolute atomic E-state index is 12.1. The van der Waals surface area contributed by atoms with Crippen LogP contribution in [0.2, 0.25) is 0 Å². The van der Waals surface area contributed by atoms with Crippen molar-refractivity contribution in [2.75, 3.05) is 5.32 Å². The first-order valence-electron chi connectivity index (χ1n) is 8.00. The molecule has 1 heterocycles. The lowest BCUT2D eigenvalue weighted by molar-refractivity contribution is 0.251. The number of hydrogen-bond acceptors (Lipinski definition) is 1. The molecule has 0 saturated heterocycles. The van der Waals surface area contributed by atoms with Gasteiger partial charge in [-0.2, -0.15) is 0 Å². The highest BCUT2D eigenvalue weighted by Gasteiger charge is 2.05. The van der Waals surface area contributed by atoms with Crippen LogP contribution in [0.25, 0.3) is 0 Å². The summed E-state index contributed by atoms with van der Waals surface area (Å²) < 4.78 is 2.14. The van der Waals surface area contributed by atoms with Crippen molar-refractivity contribution in [2.45, 2.75) is 20.0 Å². The Bertz CT molecular complexity index is 809. The first-order chi connectivity index (χ1) is 11.7. The predicted octanol–water partition coefficient (Wildman–Crippen LogP) is 4.17. The zero-order chi connectivity index (χ0) is 16.8. The fourth-order valence-electron chi connectivity index (χ4n) is 2.61. The van der Waals surface area contributed by atoms with Crippen LogP contribution < -0.4 is 10.6 Å². The summed E-state index contributed by atoms with van der Waals surface area (Å²) in [5, 5.41) is 5.76. The Morgan fingerprint density at radius 3 is 2.62 bits per heavy atom. The number of amides is 2. The van der Waals surface area contributed by atoms with E-state index in [1.54, 1.807) is 0 Å². The van der Waals surface area contributed by atoms with Crippen LogP contribution in [0, 0.1) is 6.92 Å². The summed E-state index contributed by atoms with van der Waals surface area (Å²) in [7, 11) is 0. The summed E-state index contributed by atoms with van der Waals surface area (Å²) >= 11 is 0. The molecule has 4 nitrogen and oxygen atoms in total. The number of aryl methyl sites for hydroxylation is 1. The number of aromatic nitrogens is 1. The third kappa shape index (κ3) is 4.26. The van der Waals surface area contributed by atoms with Crippen LogP contribution >= 0.6 is 0 Å². The highest BCUT2D eigenvalue weighted by molar-refractivity contribution is 5.89. The van der Waals surface area contributed by atoms with Gasteiger partial charge in [-0.1, -0.05) is 42.5 Å². The molecule has 3 aromatic rings. The molecule has 1 aromatic heterocycles. The van der Waals surface area contributed by atoms with Crippen LogP contribution in [0.15, 0.2) is 72.9 Å². The molecule has 0 saturated carbocycles. The maximum Gasteiger partial charge on any atom is 0.319 e. The normalized spacial score (nSPS) is 10.4. The second kappa shape index (κ2) is 7.51. The molecule has 0 aliphatic carbocycles.